The first-order chi connectivity index (χ1) is 9.11. The van der Waals surface area contributed by atoms with E-state index in [-0.39, 0.29) is 11.9 Å². The topological polar surface area (TPSA) is 32.3 Å². The second kappa shape index (κ2) is 6.20. The summed E-state index contributed by atoms with van der Waals surface area (Å²) in [6.07, 6.45) is 3.01. The normalized spacial score (nSPS) is 20.1. The number of hydrogen-bond donors (Lipinski definition) is 1. The van der Waals surface area contributed by atoms with E-state index < -0.39 is 0 Å². The zero-order chi connectivity index (χ0) is 13.8. The fourth-order valence-electron chi connectivity index (χ4n) is 2.63. The highest BCUT2D eigenvalue weighted by atomic mass is 16.2. The quantitative estimate of drug-likeness (QED) is 0.903. The van der Waals surface area contributed by atoms with E-state index >= 15 is 0 Å². The standard InChI is InChI=1S/C16H24N2O/c1-4-13-7-5-8-14(11-13)18-10-6-9-15(16(18)19)17-12(2)3/h5,7-8,11-12,15,17H,4,6,9-10H2,1-3H3. The van der Waals surface area contributed by atoms with Crippen LogP contribution in [-0.2, 0) is 11.2 Å². The van der Waals surface area contributed by atoms with Gasteiger partial charge in [0.2, 0.25) is 5.91 Å². The van der Waals surface area contributed by atoms with Gasteiger partial charge in [-0.05, 0) is 37.0 Å². The van der Waals surface area contributed by atoms with Crippen LogP contribution in [0.2, 0.25) is 0 Å². The van der Waals surface area contributed by atoms with Gasteiger partial charge in [0.1, 0.15) is 0 Å². The molecule has 3 nitrogen and oxygen atoms in total. The molecular formula is C16H24N2O. The predicted octanol–water partition coefficient (Wildman–Crippen LogP) is 2.74. The lowest BCUT2D eigenvalue weighted by molar-refractivity contribution is -0.121. The lowest BCUT2D eigenvalue weighted by Crippen LogP contribution is -2.52. The van der Waals surface area contributed by atoms with E-state index in [4.69, 9.17) is 0 Å². The van der Waals surface area contributed by atoms with Crippen molar-refractivity contribution < 1.29 is 4.79 Å². The Morgan fingerprint density at radius 1 is 1.42 bits per heavy atom. The van der Waals surface area contributed by atoms with Gasteiger partial charge in [-0.1, -0.05) is 32.9 Å². The average Bonchev–Trinajstić information content (AvgIpc) is 2.41. The summed E-state index contributed by atoms with van der Waals surface area (Å²) >= 11 is 0. The van der Waals surface area contributed by atoms with Crippen molar-refractivity contribution in [1.82, 2.24) is 5.32 Å². The molecule has 1 fully saturated rings. The van der Waals surface area contributed by atoms with Crippen molar-refractivity contribution in [2.45, 2.75) is 52.1 Å². The summed E-state index contributed by atoms with van der Waals surface area (Å²) in [4.78, 5) is 14.5. The summed E-state index contributed by atoms with van der Waals surface area (Å²) in [6, 6.07) is 8.64. The largest absolute Gasteiger partial charge is 0.311 e. The van der Waals surface area contributed by atoms with Crippen LogP contribution in [0.1, 0.15) is 39.2 Å². The number of piperidine rings is 1. The third kappa shape index (κ3) is 3.35. The minimum absolute atomic E-state index is 0.0287. The number of nitrogens with one attached hydrogen (secondary N) is 1. The van der Waals surface area contributed by atoms with E-state index in [0.29, 0.717) is 6.04 Å². The second-order valence-electron chi connectivity index (χ2n) is 5.53. The summed E-state index contributed by atoms with van der Waals surface area (Å²) in [7, 11) is 0. The molecule has 0 aromatic heterocycles. The maximum absolute atomic E-state index is 12.5. The van der Waals surface area contributed by atoms with Gasteiger partial charge in [0.05, 0.1) is 6.04 Å². The van der Waals surface area contributed by atoms with Crippen molar-refractivity contribution in [3.8, 4) is 0 Å². The van der Waals surface area contributed by atoms with Gasteiger partial charge in [0, 0.05) is 18.3 Å². The fraction of sp³-hybridized carbons (Fsp3) is 0.562. The molecule has 1 aliphatic rings. The predicted molar refractivity (Wildman–Crippen MR) is 79.5 cm³/mol. The van der Waals surface area contributed by atoms with Crippen LogP contribution in [0.15, 0.2) is 24.3 Å². The molecule has 1 N–H and O–H groups in total. The van der Waals surface area contributed by atoms with Gasteiger partial charge < -0.3 is 10.2 Å². The molecule has 0 bridgehead atoms. The van der Waals surface area contributed by atoms with Crippen LogP contribution in [0.4, 0.5) is 5.69 Å². The van der Waals surface area contributed by atoms with Crippen LogP contribution in [0.25, 0.3) is 0 Å². The summed E-state index contributed by atoms with van der Waals surface area (Å²) in [5.74, 6) is 0.216. The monoisotopic (exact) mass is 260 g/mol. The van der Waals surface area contributed by atoms with Crippen molar-refractivity contribution in [3.05, 3.63) is 29.8 Å². The zero-order valence-electron chi connectivity index (χ0n) is 12.1. The first kappa shape index (κ1) is 14.1. The maximum Gasteiger partial charge on any atom is 0.244 e. The first-order valence-electron chi connectivity index (χ1n) is 7.28. The molecule has 1 saturated heterocycles. The van der Waals surface area contributed by atoms with E-state index in [1.54, 1.807) is 0 Å². The molecule has 19 heavy (non-hydrogen) atoms. The van der Waals surface area contributed by atoms with E-state index in [0.717, 1.165) is 31.5 Å². The molecule has 1 heterocycles. The molecule has 1 aromatic rings. The minimum Gasteiger partial charge on any atom is -0.311 e. The number of carbonyl (C=O) groups is 1. The smallest absolute Gasteiger partial charge is 0.244 e. The van der Waals surface area contributed by atoms with Crippen LogP contribution < -0.4 is 10.2 Å². The van der Waals surface area contributed by atoms with Crippen LogP contribution >= 0.6 is 0 Å². The highest BCUT2D eigenvalue weighted by Crippen LogP contribution is 2.22. The highest BCUT2D eigenvalue weighted by Gasteiger charge is 2.29. The third-order valence-corrected chi connectivity index (χ3v) is 3.60. The highest BCUT2D eigenvalue weighted by molar-refractivity contribution is 5.98. The second-order valence-corrected chi connectivity index (χ2v) is 5.53. The number of benzene rings is 1. The SMILES string of the molecule is CCc1cccc(N2CCCC(NC(C)C)C2=O)c1. The molecule has 1 aliphatic heterocycles. The number of nitrogens with zero attached hydrogens (tertiary/aromatic N) is 1. The Balaban J connectivity index is 2.16. The Kier molecular flexibility index (Phi) is 4.59. The number of amides is 1. The molecule has 2 rings (SSSR count). The van der Waals surface area contributed by atoms with Gasteiger partial charge in [-0.25, -0.2) is 0 Å². The molecule has 0 radical (unpaired) electrons. The van der Waals surface area contributed by atoms with Gasteiger partial charge in [0.15, 0.2) is 0 Å². The van der Waals surface area contributed by atoms with Crippen molar-refractivity contribution in [2.75, 3.05) is 11.4 Å². The van der Waals surface area contributed by atoms with Gasteiger partial charge in [0.25, 0.3) is 0 Å². The Hall–Kier alpha value is -1.35. The van der Waals surface area contributed by atoms with Gasteiger partial charge in [-0.2, -0.15) is 0 Å². The van der Waals surface area contributed by atoms with Crippen molar-refractivity contribution >= 4 is 11.6 Å². The van der Waals surface area contributed by atoms with E-state index in [9.17, 15) is 4.79 Å². The lowest BCUT2D eigenvalue weighted by atomic mass is 10.0. The molecule has 0 saturated carbocycles. The van der Waals surface area contributed by atoms with Crippen molar-refractivity contribution in [3.63, 3.8) is 0 Å². The van der Waals surface area contributed by atoms with Crippen LogP contribution in [0.3, 0.4) is 0 Å². The Labute approximate surface area is 116 Å². The van der Waals surface area contributed by atoms with Gasteiger partial charge in [-0.3, -0.25) is 4.79 Å². The van der Waals surface area contributed by atoms with Crippen LogP contribution in [0, 0.1) is 0 Å². The molecule has 1 amide bonds. The van der Waals surface area contributed by atoms with Crippen molar-refractivity contribution in [1.29, 1.82) is 0 Å². The van der Waals surface area contributed by atoms with E-state index in [1.807, 2.05) is 17.0 Å². The van der Waals surface area contributed by atoms with E-state index in [2.05, 4.69) is 38.2 Å². The van der Waals surface area contributed by atoms with E-state index in [1.165, 1.54) is 5.56 Å². The Morgan fingerprint density at radius 3 is 2.89 bits per heavy atom. The number of rotatable bonds is 4. The number of aryl methyl sites for hydroxylation is 1. The summed E-state index contributed by atoms with van der Waals surface area (Å²) in [6.45, 7) is 7.15. The molecular weight excluding hydrogens is 236 g/mol. The average molecular weight is 260 g/mol. The van der Waals surface area contributed by atoms with Crippen LogP contribution in [0.5, 0.6) is 0 Å². The first-order valence-corrected chi connectivity index (χ1v) is 7.28. The number of hydrogen-bond acceptors (Lipinski definition) is 2. The number of carbonyl (C=O) groups excluding carboxylic acids is 1. The van der Waals surface area contributed by atoms with Gasteiger partial charge in [-0.15, -0.1) is 0 Å². The maximum atomic E-state index is 12.5. The number of anilines is 1. The Bertz CT molecular complexity index is 442. The zero-order valence-corrected chi connectivity index (χ0v) is 12.1. The molecule has 104 valence electrons. The summed E-state index contributed by atoms with van der Waals surface area (Å²) < 4.78 is 0. The minimum atomic E-state index is -0.0287. The van der Waals surface area contributed by atoms with Crippen LogP contribution in [-0.4, -0.2) is 24.5 Å². The van der Waals surface area contributed by atoms with Gasteiger partial charge >= 0.3 is 0 Å². The molecule has 0 aliphatic carbocycles. The molecule has 0 spiro atoms. The fourth-order valence-corrected chi connectivity index (χ4v) is 2.63. The Morgan fingerprint density at radius 2 is 2.21 bits per heavy atom. The third-order valence-electron chi connectivity index (χ3n) is 3.60. The summed E-state index contributed by atoms with van der Waals surface area (Å²) in [5, 5.41) is 3.37. The summed E-state index contributed by atoms with van der Waals surface area (Å²) in [5.41, 5.74) is 2.32. The molecule has 3 heteroatoms. The molecule has 1 aromatic carbocycles. The molecule has 1 atom stereocenters. The lowest BCUT2D eigenvalue weighted by Gasteiger charge is -2.34. The molecule has 1 unspecified atom stereocenters. The van der Waals surface area contributed by atoms with Crippen molar-refractivity contribution in [2.24, 2.45) is 0 Å².